The van der Waals surface area contributed by atoms with E-state index in [0.29, 0.717) is 0 Å². The lowest BCUT2D eigenvalue weighted by atomic mass is 10.0. The molecule has 0 unspecified atom stereocenters. The Labute approximate surface area is 66.7 Å². The monoisotopic (exact) mass is 147 g/mol. The predicted molar refractivity (Wildman–Crippen MR) is 44.6 cm³/mol. The molecule has 0 amide bonds. The molecule has 11 heavy (non-hydrogen) atoms. The van der Waals surface area contributed by atoms with E-state index in [9.17, 15) is 0 Å². The summed E-state index contributed by atoms with van der Waals surface area (Å²) < 4.78 is 0. The molecule has 2 heteroatoms. The number of nitrogens with one attached hydrogen (secondary N) is 1. The maximum absolute atomic E-state index is 4.14. The number of aryl methyl sites for hydroxylation is 1. The predicted octanol–water partition coefficient (Wildman–Crippen LogP) is 1.55. The Morgan fingerprint density at radius 2 is 2.55 bits per heavy atom. The lowest BCUT2D eigenvalue weighted by molar-refractivity contribution is 0.810. The van der Waals surface area contributed by atoms with Gasteiger partial charge in [0.05, 0.1) is 6.20 Å². The summed E-state index contributed by atoms with van der Waals surface area (Å²) >= 11 is 0. The maximum Gasteiger partial charge on any atom is 0.130 e. The van der Waals surface area contributed by atoms with Crippen molar-refractivity contribution in [3.8, 4) is 0 Å². The number of fused-ring (bicyclic) bond motifs is 1. The van der Waals surface area contributed by atoms with Crippen LogP contribution in [0.4, 0.5) is 5.82 Å². The number of hydrogen-bond donors (Lipinski definition) is 1. The Hall–Kier alpha value is -1.05. The van der Waals surface area contributed by atoms with Crippen LogP contribution in [0, 0.1) is 13.1 Å². The van der Waals surface area contributed by atoms with Crippen LogP contribution >= 0.6 is 0 Å². The zero-order valence-corrected chi connectivity index (χ0v) is 6.65. The van der Waals surface area contributed by atoms with E-state index in [-0.39, 0.29) is 0 Å². The standard InChI is InChI=1S/C9H11N2/c1-7-4-6-11-9-8(7)3-2-5-10-9/h4H,2-3,5H2,1H3,(H,10,11). The second-order valence-electron chi connectivity index (χ2n) is 2.93. The molecule has 0 aliphatic carbocycles. The minimum atomic E-state index is 1.04. The summed E-state index contributed by atoms with van der Waals surface area (Å²) in [6.45, 7) is 3.17. The number of anilines is 1. The number of rotatable bonds is 0. The summed E-state index contributed by atoms with van der Waals surface area (Å²) in [5.41, 5.74) is 2.68. The SMILES string of the molecule is Cc1c[c]nc2c1CCCN2. The van der Waals surface area contributed by atoms with Crippen molar-refractivity contribution in [1.29, 1.82) is 0 Å². The number of aromatic nitrogens is 1. The molecular weight excluding hydrogens is 136 g/mol. The van der Waals surface area contributed by atoms with Crippen molar-refractivity contribution in [2.75, 3.05) is 11.9 Å². The van der Waals surface area contributed by atoms with Crippen molar-refractivity contribution in [3.63, 3.8) is 0 Å². The van der Waals surface area contributed by atoms with Gasteiger partial charge in [0, 0.05) is 6.54 Å². The van der Waals surface area contributed by atoms with Crippen LogP contribution in [0.1, 0.15) is 17.5 Å². The molecule has 1 aromatic rings. The van der Waals surface area contributed by atoms with Gasteiger partial charge < -0.3 is 5.32 Å². The van der Waals surface area contributed by atoms with E-state index in [1.54, 1.807) is 0 Å². The molecule has 0 aromatic carbocycles. The van der Waals surface area contributed by atoms with Gasteiger partial charge in [0.1, 0.15) is 5.82 Å². The van der Waals surface area contributed by atoms with Crippen LogP contribution in [0.5, 0.6) is 0 Å². The Morgan fingerprint density at radius 3 is 3.36 bits per heavy atom. The maximum atomic E-state index is 4.14. The van der Waals surface area contributed by atoms with Crippen LogP contribution in [-0.4, -0.2) is 11.5 Å². The largest absolute Gasteiger partial charge is 0.370 e. The molecule has 0 bridgehead atoms. The summed E-state index contributed by atoms with van der Waals surface area (Å²) in [7, 11) is 0. The van der Waals surface area contributed by atoms with E-state index in [1.165, 1.54) is 17.5 Å². The molecule has 2 nitrogen and oxygen atoms in total. The van der Waals surface area contributed by atoms with Crippen LogP contribution in [0.15, 0.2) is 6.07 Å². The first-order valence-electron chi connectivity index (χ1n) is 3.98. The van der Waals surface area contributed by atoms with E-state index in [4.69, 9.17) is 0 Å². The lowest BCUT2D eigenvalue weighted by Gasteiger charge is -2.17. The average molecular weight is 147 g/mol. The van der Waals surface area contributed by atoms with E-state index < -0.39 is 0 Å². The normalized spacial score (nSPS) is 15.4. The van der Waals surface area contributed by atoms with Crippen LogP contribution in [0.25, 0.3) is 0 Å². The number of nitrogens with zero attached hydrogens (tertiary/aromatic N) is 1. The van der Waals surface area contributed by atoms with Gasteiger partial charge in [-0.1, -0.05) is 0 Å². The van der Waals surface area contributed by atoms with Crippen molar-refractivity contribution < 1.29 is 0 Å². The summed E-state index contributed by atoms with van der Waals surface area (Å²) in [6.07, 6.45) is 5.26. The van der Waals surface area contributed by atoms with E-state index in [1.807, 2.05) is 6.07 Å². The molecule has 2 rings (SSSR count). The van der Waals surface area contributed by atoms with Gasteiger partial charge in [-0.25, -0.2) is 4.98 Å². The molecule has 1 aliphatic heterocycles. The van der Waals surface area contributed by atoms with Gasteiger partial charge in [0.25, 0.3) is 0 Å². The Kier molecular flexibility index (Phi) is 1.53. The van der Waals surface area contributed by atoms with Crippen LogP contribution < -0.4 is 5.32 Å². The van der Waals surface area contributed by atoms with Crippen molar-refractivity contribution in [3.05, 3.63) is 23.4 Å². The third-order valence-corrected chi connectivity index (χ3v) is 2.12. The first-order valence-corrected chi connectivity index (χ1v) is 3.98. The van der Waals surface area contributed by atoms with E-state index >= 15 is 0 Å². The molecule has 0 saturated carbocycles. The molecule has 0 fully saturated rings. The van der Waals surface area contributed by atoms with E-state index in [0.717, 1.165) is 18.8 Å². The van der Waals surface area contributed by atoms with Crippen LogP contribution in [0.2, 0.25) is 0 Å². The topological polar surface area (TPSA) is 24.9 Å². The van der Waals surface area contributed by atoms with Crippen molar-refractivity contribution in [1.82, 2.24) is 4.98 Å². The summed E-state index contributed by atoms with van der Waals surface area (Å²) in [5.74, 6) is 1.04. The second kappa shape index (κ2) is 2.53. The molecule has 0 spiro atoms. The van der Waals surface area contributed by atoms with Gasteiger partial charge in [-0.3, -0.25) is 0 Å². The highest BCUT2D eigenvalue weighted by atomic mass is 15.0. The quantitative estimate of drug-likeness (QED) is 0.602. The van der Waals surface area contributed by atoms with Crippen molar-refractivity contribution >= 4 is 5.82 Å². The third kappa shape index (κ3) is 1.09. The molecule has 1 aromatic heterocycles. The Balaban J connectivity index is 2.49. The molecule has 0 saturated heterocycles. The first kappa shape index (κ1) is 6.65. The van der Waals surface area contributed by atoms with Crippen molar-refractivity contribution in [2.24, 2.45) is 0 Å². The third-order valence-electron chi connectivity index (χ3n) is 2.12. The summed E-state index contributed by atoms with van der Waals surface area (Å²) in [5, 5.41) is 3.26. The van der Waals surface area contributed by atoms with Crippen LogP contribution in [-0.2, 0) is 6.42 Å². The van der Waals surface area contributed by atoms with Crippen LogP contribution in [0.3, 0.4) is 0 Å². The summed E-state index contributed by atoms with van der Waals surface area (Å²) in [4.78, 5) is 4.14. The number of pyridine rings is 1. The molecule has 2 heterocycles. The van der Waals surface area contributed by atoms with Gasteiger partial charge in [0.2, 0.25) is 0 Å². The highest BCUT2D eigenvalue weighted by Crippen LogP contribution is 2.21. The fraction of sp³-hybridized carbons (Fsp3) is 0.444. The van der Waals surface area contributed by atoms with Gasteiger partial charge in [-0.05, 0) is 37.0 Å². The fourth-order valence-corrected chi connectivity index (χ4v) is 1.47. The minimum Gasteiger partial charge on any atom is -0.370 e. The Morgan fingerprint density at radius 1 is 1.64 bits per heavy atom. The van der Waals surface area contributed by atoms with Gasteiger partial charge in [-0.15, -0.1) is 0 Å². The summed E-state index contributed by atoms with van der Waals surface area (Å²) in [6, 6.07) is 1.95. The molecule has 1 aliphatic rings. The lowest BCUT2D eigenvalue weighted by Crippen LogP contribution is -2.14. The highest BCUT2D eigenvalue weighted by molar-refractivity contribution is 5.49. The van der Waals surface area contributed by atoms with E-state index in [2.05, 4.69) is 23.4 Å². The van der Waals surface area contributed by atoms with Crippen molar-refractivity contribution in [2.45, 2.75) is 19.8 Å². The molecule has 57 valence electrons. The second-order valence-corrected chi connectivity index (χ2v) is 2.93. The molecule has 1 radical (unpaired) electrons. The van der Waals surface area contributed by atoms with Gasteiger partial charge >= 0.3 is 0 Å². The molecule has 1 N–H and O–H groups in total. The first-order chi connectivity index (χ1) is 5.38. The number of hydrogen-bond acceptors (Lipinski definition) is 2. The fourth-order valence-electron chi connectivity index (χ4n) is 1.47. The highest BCUT2D eigenvalue weighted by Gasteiger charge is 2.10. The average Bonchev–Trinajstić information content (AvgIpc) is 2.06. The van der Waals surface area contributed by atoms with Gasteiger partial charge in [-0.2, -0.15) is 0 Å². The zero-order valence-electron chi connectivity index (χ0n) is 6.65. The van der Waals surface area contributed by atoms with Gasteiger partial charge in [0.15, 0.2) is 0 Å². The Bertz CT molecular complexity index is 268. The molecular formula is C9H11N2. The smallest absolute Gasteiger partial charge is 0.130 e. The minimum absolute atomic E-state index is 1.04. The zero-order chi connectivity index (χ0) is 7.68. The molecule has 0 atom stereocenters.